The summed E-state index contributed by atoms with van der Waals surface area (Å²) in [6.07, 6.45) is 5.28. The standard InChI is InChI=1S/C19H14O4/c1-13(20)22-15-10-11-16-18(12-15)23-17(19(16)21)9-5-8-14-6-3-2-4-7-14/h2-12H,1H3/b8-5+,17-9+. The maximum absolute atomic E-state index is 12.2. The average molecular weight is 306 g/mol. The Bertz CT molecular complexity index is 817. The predicted molar refractivity (Wildman–Crippen MR) is 86.3 cm³/mol. The van der Waals surface area contributed by atoms with Crippen molar-refractivity contribution >= 4 is 17.8 Å². The smallest absolute Gasteiger partial charge is 0.308 e. The summed E-state index contributed by atoms with van der Waals surface area (Å²) in [6.45, 7) is 1.32. The average Bonchev–Trinajstić information content (AvgIpc) is 2.84. The van der Waals surface area contributed by atoms with Crippen LogP contribution < -0.4 is 9.47 Å². The molecule has 0 unspecified atom stereocenters. The van der Waals surface area contributed by atoms with Crippen LogP contribution in [0.4, 0.5) is 0 Å². The van der Waals surface area contributed by atoms with Crippen molar-refractivity contribution in [3.05, 3.63) is 77.6 Å². The third kappa shape index (κ3) is 3.37. The number of allylic oxidation sites excluding steroid dienone is 3. The highest BCUT2D eigenvalue weighted by Crippen LogP contribution is 2.34. The van der Waals surface area contributed by atoms with E-state index in [0.29, 0.717) is 17.1 Å². The van der Waals surface area contributed by atoms with Gasteiger partial charge in [-0.05, 0) is 23.8 Å². The van der Waals surface area contributed by atoms with Crippen molar-refractivity contribution in [2.45, 2.75) is 6.92 Å². The fraction of sp³-hybridized carbons (Fsp3) is 0.0526. The number of ether oxygens (including phenoxy) is 2. The second-order valence-corrected chi connectivity index (χ2v) is 4.98. The quantitative estimate of drug-likeness (QED) is 0.492. The van der Waals surface area contributed by atoms with E-state index in [1.807, 2.05) is 36.4 Å². The summed E-state index contributed by atoms with van der Waals surface area (Å²) in [4.78, 5) is 23.2. The summed E-state index contributed by atoms with van der Waals surface area (Å²) in [7, 11) is 0. The van der Waals surface area contributed by atoms with Gasteiger partial charge in [-0.2, -0.15) is 0 Å². The number of hydrogen-bond donors (Lipinski definition) is 0. The summed E-state index contributed by atoms with van der Waals surface area (Å²) in [5, 5.41) is 0. The monoisotopic (exact) mass is 306 g/mol. The van der Waals surface area contributed by atoms with Gasteiger partial charge in [-0.15, -0.1) is 0 Å². The van der Waals surface area contributed by atoms with E-state index in [1.165, 1.54) is 13.0 Å². The Balaban J connectivity index is 1.78. The number of rotatable bonds is 3. The number of ketones is 1. The number of esters is 1. The maximum atomic E-state index is 12.2. The zero-order valence-corrected chi connectivity index (χ0v) is 12.5. The molecule has 1 heterocycles. The van der Waals surface area contributed by atoms with Gasteiger partial charge in [0, 0.05) is 13.0 Å². The topological polar surface area (TPSA) is 52.6 Å². The molecule has 0 radical (unpaired) electrons. The molecule has 23 heavy (non-hydrogen) atoms. The van der Waals surface area contributed by atoms with Crippen LogP contribution in [0.3, 0.4) is 0 Å². The molecule has 0 spiro atoms. The number of carbonyl (C=O) groups excluding carboxylic acids is 2. The summed E-state index contributed by atoms with van der Waals surface area (Å²) >= 11 is 0. The molecule has 0 amide bonds. The Morgan fingerprint density at radius 3 is 2.65 bits per heavy atom. The van der Waals surface area contributed by atoms with Crippen molar-refractivity contribution in [2.24, 2.45) is 0 Å². The van der Waals surface area contributed by atoms with Crippen LogP contribution in [0.25, 0.3) is 6.08 Å². The molecule has 0 saturated carbocycles. The maximum Gasteiger partial charge on any atom is 0.308 e. The minimum atomic E-state index is -0.421. The first kappa shape index (κ1) is 14.8. The third-order valence-corrected chi connectivity index (χ3v) is 3.24. The molecule has 0 aromatic heterocycles. The Kier molecular flexibility index (Phi) is 4.06. The molecule has 2 aromatic rings. The van der Waals surface area contributed by atoms with Crippen molar-refractivity contribution in [2.75, 3.05) is 0 Å². The molecule has 2 aromatic carbocycles. The van der Waals surface area contributed by atoms with Gasteiger partial charge in [-0.25, -0.2) is 0 Å². The van der Waals surface area contributed by atoms with E-state index in [0.717, 1.165) is 5.56 Å². The molecule has 1 aliphatic rings. The van der Waals surface area contributed by atoms with Crippen LogP contribution in [0, 0.1) is 0 Å². The zero-order chi connectivity index (χ0) is 16.2. The molecular weight excluding hydrogens is 292 g/mol. The van der Waals surface area contributed by atoms with Gasteiger partial charge in [-0.1, -0.05) is 42.5 Å². The number of hydrogen-bond acceptors (Lipinski definition) is 4. The van der Waals surface area contributed by atoms with Crippen LogP contribution in [0.2, 0.25) is 0 Å². The summed E-state index contributed by atoms with van der Waals surface area (Å²) in [5.74, 6) is 0.383. The minimum Gasteiger partial charge on any atom is -0.452 e. The molecular formula is C19H14O4. The number of Topliss-reactive ketones (excluding diaryl/α,β-unsaturated/α-hetero) is 1. The number of carbonyl (C=O) groups is 2. The molecule has 4 heteroatoms. The molecule has 3 rings (SSSR count). The summed E-state index contributed by atoms with van der Waals surface area (Å²) < 4.78 is 10.5. The Morgan fingerprint density at radius 1 is 1.13 bits per heavy atom. The van der Waals surface area contributed by atoms with Crippen molar-refractivity contribution in [1.29, 1.82) is 0 Å². The van der Waals surface area contributed by atoms with Gasteiger partial charge in [0.15, 0.2) is 5.76 Å². The molecule has 114 valence electrons. The van der Waals surface area contributed by atoms with E-state index < -0.39 is 5.97 Å². The van der Waals surface area contributed by atoms with E-state index in [2.05, 4.69) is 0 Å². The lowest BCUT2D eigenvalue weighted by molar-refractivity contribution is -0.131. The Morgan fingerprint density at radius 2 is 1.91 bits per heavy atom. The molecule has 4 nitrogen and oxygen atoms in total. The highest BCUT2D eigenvalue weighted by Gasteiger charge is 2.27. The summed E-state index contributed by atoms with van der Waals surface area (Å²) in [5.41, 5.74) is 1.49. The van der Waals surface area contributed by atoms with Gasteiger partial charge >= 0.3 is 5.97 Å². The highest BCUT2D eigenvalue weighted by atomic mass is 16.5. The van der Waals surface area contributed by atoms with Crippen molar-refractivity contribution in [3.63, 3.8) is 0 Å². The van der Waals surface area contributed by atoms with E-state index in [4.69, 9.17) is 9.47 Å². The highest BCUT2D eigenvalue weighted by molar-refractivity contribution is 6.12. The van der Waals surface area contributed by atoms with Crippen LogP contribution in [-0.4, -0.2) is 11.8 Å². The molecule has 0 atom stereocenters. The van der Waals surface area contributed by atoms with Crippen LogP contribution >= 0.6 is 0 Å². The van der Waals surface area contributed by atoms with Crippen LogP contribution in [0.5, 0.6) is 11.5 Å². The lowest BCUT2D eigenvalue weighted by Crippen LogP contribution is -2.01. The lowest BCUT2D eigenvalue weighted by atomic mass is 10.1. The second kappa shape index (κ2) is 6.32. The van der Waals surface area contributed by atoms with E-state index >= 15 is 0 Å². The molecule has 0 bridgehead atoms. The van der Waals surface area contributed by atoms with Crippen molar-refractivity contribution in [1.82, 2.24) is 0 Å². The number of benzene rings is 2. The fourth-order valence-electron chi connectivity index (χ4n) is 2.22. The first-order valence-electron chi connectivity index (χ1n) is 7.12. The Hall–Kier alpha value is -3.14. The molecule has 1 aliphatic heterocycles. The molecule has 0 saturated heterocycles. The number of fused-ring (bicyclic) bond motifs is 1. The SMILES string of the molecule is CC(=O)Oc1ccc2c(c1)O/C(=C/C=C/c1ccccc1)C2=O. The van der Waals surface area contributed by atoms with E-state index in [1.54, 1.807) is 24.3 Å². The Labute approximate surface area is 133 Å². The predicted octanol–water partition coefficient (Wildman–Crippen LogP) is 3.78. The molecule has 0 fully saturated rings. The first-order valence-corrected chi connectivity index (χ1v) is 7.12. The van der Waals surface area contributed by atoms with Gasteiger partial charge in [0.2, 0.25) is 5.78 Å². The summed E-state index contributed by atoms with van der Waals surface area (Å²) in [6, 6.07) is 14.5. The first-order chi connectivity index (χ1) is 11.1. The van der Waals surface area contributed by atoms with Crippen LogP contribution in [0.1, 0.15) is 22.8 Å². The van der Waals surface area contributed by atoms with Gasteiger partial charge in [-0.3, -0.25) is 9.59 Å². The largest absolute Gasteiger partial charge is 0.452 e. The van der Waals surface area contributed by atoms with Gasteiger partial charge in [0.05, 0.1) is 5.56 Å². The van der Waals surface area contributed by atoms with Gasteiger partial charge in [0.1, 0.15) is 11.5 Å². The fourth-order valence-corrected chi connectivity index (χ4v) is 2.22. The van der Waals surface area contributed by atoms with Crippen molar-refractivity contribution in [3.8, 4) is 11.5 Å². The third-order valence-electron chi connectivity index (χ3n) is 3.24. The van der Waals surface area contributed by atoms with Crippen LogP contribution in [0.15, 0.2) is 66.4 Å². The van der Waals surface area contributed by atoms with Gasteiger partial charge < -0.3 is 9.47 Å². The van der Waals surface area contributed by atoms with Crippen LogP contribution in [-0.2, 0) is 4.79 Å². The van der Waals surface area contributed by atoms with Crippen molar-refractivity contribution < 1.29 is 19.1 Å². The van der Waals surface area contributed by atoms with Gasteiger partial charge in [0.25, 0.3) is 0 Å². The zero-order valence-electron chi connectivity index (χ0n) is 12.5. The molecule has 0 aliphatic carbocycles. The molecule has 0 N–H and O–H groups in total. The van der Waals surface area contributed by atoms with E-state index in [9.17, 15) is 9.59 Å². The second-order valence-electron chi connectivity index (χ2n) is 4.98. The lowest BCUT2D eigenvalue weighted by Gasteiger charge is -2.02. The minimum absolute atomic E-state index is 0.188. The normalized spacial score (nSPS) is 14.8. The van der Waals surface area contributed by atoms with E-state index in [-0.39, 0.29) is 11.5 Å².